The lowest BCUT2D eigenvalue weighted by Crippen LogP contribution is -2.60. The van der Waals surface area contributed by atoms with Crippen LogP contribution in [-0.4, -0.2) is 92.8 Å². The summed E-state index contributed by atoms with van der Waals surface area (Å²) in [6, 6.07) is 6.53. The molecule has 0 radical (unpaired) electrons. The van der Waals surface area contributed by atoms with E-state index >= 15 is 13.2 Å². The summed E-state index contributed by atoms with van der Waals surface area (Å²) < 4.78 is 47.4. The number of carbonyl (C=O) groups excluding carboxylic acids is 1. The Morgan fingerprint density at radius 2 is 1.82 bits per heavy atom. The average molecular weight is 638 g/mol. The highest BCUT2D eigenvalue weighted by Gasteiger charge is 2.45. The number of carbonyl (C=O) groups is 1. The van der Waals surface area contributed by atoms with Gasteiger partial charge in [0.05, 0.1) is 29.0 Å². The van der Waals surface area contributed by atoms with Crippen LogP contribution in [0.4, 0.5) is 18.9 Å². The van der Waals surface area contributed by atoms with Gasteiger partial charge in [-0.25, -0.2) is 4.99 Å². The van der Waals surface area contributed by atoms with Crippen molar-refractivity contribution in [3.8, 4) is 11.1 Å². The quantitative estimate of drug-likeness (QED) is 0.362. The van der Waals surface area contributed by atoms with Crippen LogP contribution >= 0.6 is 11.8 Å². The predicted octanol–water partition coefficient (Wildman–Crippen LogP) is 5.81. The van der Waals surface area contributed by atoms with Gasteiger partial charge in [-0.05, 0) is 45.8 Å². The van der Waals surface area contributed by atoms with E-state index in [0.717, 1.165) is 43.5 Å². The summed E-state index contributed by atoms with van der Waals surface area (Å²) >= 11 is 1.51. The van der Waals surface area contributed by atoms with E-state index in [2.05, 4.69) is 21.5 Å². The maximum absolute atomic E-state index is 15.3. The van der Waals surface area contributed by atoms with Crippen molar-refractivity contribution in [2.45, 2.75) is 62.8 Å². The molecule has 1 amide bonds. The zero-order chi connectivity index (χ0) is 31.8. The van der Waals surface area contributed by atoms with Gasteiger partial charge in [0.2, 0.25) is 5.91 Å². The molecule has 3 atom stereocenters. The third kappa shape index (κ3) is 5.00. The SMILES string of the molecule is C=C1N=C(N2C[C@@H](C)N(C(C)=O)[C@@H](C)C2)c2cc(C(F)(F)F)c(-c3cccc4cnn(C)c34)c3c2N1C(CN1CCCC1)CS3. The molecule has 0 N–H and O–H groups in total. The predicted molar refractivity (Wildman–Crippen MR) is 173 cm³/mol. The highest BCUT2D eigenvalue weighted by Crippen LogP contribution is 2.54. The van der Waals surface area contributed by atoms with Crippen molar-refractivity contribution < 1.29 is 18.0 Å². The minimum absolute atomic E-state index is 0.0117. The number of nitrogens with zero attached hydrogens (tertiary/aromatic N) is 7. The molecule has 1 aromatic heterocycles. The zero-order valence-corrected chi connectivity index (χ0v) is 26.9. The second-order valence-electron chi connectivity index (χ2n) is 12.8. The molecular weight excluding hydrogens is 599 g/mol. The molecule has 2 saturated heterocycles. The van der Waals surface area contributed by atoms with E-state index in [4.69, 9.17) is 4.99 Å². The first-order chi connectivity index (χ1) is 21.4. The number of hydrogen-bond acceptors (Lipinski definition) is 7. The van der Waals surface area contributed by atoms with Crippen LogP contribution in [0.2, 0.25) is 0 Å². The molecule has 3 aromatic rings. The van der Waals surface area contributed by atoms with Gasteiger partial charge >= 0.3 is 6.18 Å². The fraction of sp³-hybridized carbons (Fsp3) is 0.485. The zero-order valence-electron chi connectivity index (χ0n) is 26.1. The molecule has 4 aliphatic heterocycles. The number of hydrogen-bond donors (Lipinski definition) is 0. The van der Waals surface area contributed by atoms with E-state index in [1.54, 1.807) is 37.0 Å². The molecule has 2 aromatic carbocycles. The number of aliphatic imine (C=N–C) groups is 1. The molecule has 1 unspecified atom stereocenters. The molecule has 8 nitrogen and oxygen atoms in total. The highest BCUT2D eigenvalue weighted by atomic mass is 32.2. The number of aromatic nitrogens is 2. The minimum Gasteiger partial charge on any atom is -0.352 e. The first kappa shape index (κ1) is 30.2. The van der Waals surface area contributed by atoms with Gasteiger partial charge in [-0.1, -0.05) is 24.8 Å². The Bertz CT molecular complexity index is 1720. The van der Waals surface area contributed by atoms with E-state index in [-0.39, 0.29) is 29.6 Å². The number of para-hydroxylation sites is 1. The second kappa shape index (κ2) is 11.1. The summed E-state index contributed by atoms with van der Waals surface area (Å²) in [5, 5.41) is 5.17. The molecule has 238 valence electrons. The van der Waals surface area contributed by atoms with E-state index in [9.17, 15) is 4.79 Å². The van der Waals surface area contributed by atoms with Crippen LogP contribution in [0.25, 0.3) is 22.0 Å². The van der Waals surface area contributed by atoms with Crippen LogP contribution in [0.5, 0.6) is 0 Å². The first-order valence-electron chi connectivity index (χ1n) is 15.6. The van der Waals surface area contributed by atoms with Crippen LogP contribution in [-0.2, 0) is 18.0 Å². The molecule has 7 rings (SSSR count). The fourth-order valence-electron chi connectivity index (χ4n) is 7.89. The van der Waals surface area contributed by atoms with Crippen molar-refractivity contribution in [2.75, 3.05) is 43.4 Å². The molecule has 4 aliphatic rings. The lowest BCUT2D eigenvalue weighted by Gasteiger charge is -2.48. The maximum Gasteiger partial charge on any atom is 0.417 e. The number of fused-ring (bicyclic) bond motifs is 1. The van der Waals surface area contributed by atoms with Gasteiger partial charge in [0.15, 0.2) is 0 Å². The summed E-state index contributed by atoms with van der Waals surface area (Å²) in [4.78, 5) is 26.4. The van der Waals surface area contributed by atoms with Crippen LogP contribution in [0.15, 0.2) is 52.8 Å². The third-order valence-electron chi connectivity index (χ3n) is 9.62. The van der Waals surface area contributed by atoms with Gasteiger partial charge in [0, 0.05) is 78.4 Å². The van der Waals surface area contributed by atoms with Crippen molar-refractivity contribution in [3.05, 3.63) is 54.0 Å². The van der Waals surface area contributed by atoms with Crippen molar-refractivity contribution in [3.63, 3.8) is 0 Å². The fourth-order valence-corrected chi connectivity index (χ4v) is 9.21. The van der Waals surface area contributed by atoms with Crippen molar-refractivity contribution >= 4 is 40.1 Å². The van der Waals surface area contributed by atoms with E-state index in [1.165, 1.54) is 17.8 Å². The number of halogens is 3. The number of amidine groups is 1. The van der Waals surface area contributed by atoms with Gasteiger partial charge in [-0.2, -0.15) is 18.3 Å². The summed E-state index contributed by atoms with van der Waals surface area (Å²) in [6.07, 6.45) is -0.618. The summed E-state index contributed by atoms with van der Waals surface area (Å²) in [5.74, 6) is 1.64. The molecule has 0 saturated carbocycles. The highest BCUT2D eigenvalue weighted by molar-refractivity contribution is 7.99. The molecular formula is C33H38F3N7OS. The number of thioether (sulfide) groups is 1. The first-order valence-corrected chi connectivity index (χ1v) is 16.6. The molecule has 0 spiro atoms. The van der Waals surface area contributed by atoms with E-state index in [1.807, 2.05) is 29.7 Å². The molecule has 0 aliphatic carbocycles. The Morgan fingerprint density at radius 1 is 1.11 bits per heavy atom. The Morgan fingerprint density at radius 3 is 2.49 bits per heavy atom. The topological polar surface area (TPSA) is 60.2 Å². The number of rotatable bonds is 3. The van der Waals surface area contributed by atoms with Crippen molar-refractivity contribution in [1.82, 2.24) is 24.5 Å². The Balaban J connectivity index is 1.45. The number of piperazine rings is 1. The van der Waals surface area contributed by atoms with Crippen LogP contribution in [0.1, 0.15) is 44.7 Å². The van der Waals surface area contributed by atoms with Gasteiger partial charge in [0.1, 0.15) is 11.7 Å². The average Bonchev–Trinajstić information content (AvgIpc) is 3.63. The van der Waals surface area contributed by atoms with Gasteiger partial charge in [-0.15, -0.1) is 11.8 Å². The lowest BCUT2D eigenvalue weighted by atomic mass is 9.91. The summed E-state index contributed by atoms with van der Waals surface area (Å²) in [6.45, 7) is 13.7. The van der Waals surface area contributed by atoms with E-state index < -0.39 is 11.7 Å². The number of alkyl halides is 3. The van der Waals surface area contributed by atoms with Gasteiger partial charge in [0.25, 0.3) is 0 Å². The number of benzene rings is 2. The second-order valence-corrected chi connectivity index (χ2v) is 13.8. The third-order valence-corrected chi connectivity index (χ3v) is 10.9. The van der Waals surface area contributed by atoms with E-state index in [0.29, 0.717) is 52.0 Å². The maximum atomic E-state index is 15.3. The normalized spacial score (nSPS) is 24.0. The van der Waals surface area contributed by atoms with Gasteiger partial charge < -0.3 is 19.6 Å². The Labute approximate surface area is 265 Å². The molecule has 2 fully saturated rings. The summed E-state index contributed by atoms with van der Waals surface area (Å²) in [7, 11) is 1.77. The number of aryl methyl sites for hydroxylation is 1. The number of amides is 1. The smallest absolute Gasteiger partial charge is 0.352 e. The summed E-state index contributed by atoms with van der Waals surface area (Å²) in [5.41, 5.74) is 1.90. The molecule has 12 heteroatoms. The van der Waals surface area contributed by atoms with Crippen molar-refractivity contribution in [1.29, 1.82) is 0 Å². The number of anilines is 1. The largest absolute Gasteiger partial charge is 0.417 e. The Hall–Kier alpha value is -3.51. The molecule has 0 bridgehead atoms. The van der Waals surface area contributed by atoms with Crippen molar-refractivity contribution in [2.24, 2.45) is 12.0 Å². The molecule has 45 heavy (non-hydrogen) atoms. The standard InChI is InChI=1S/C33H38F3N7OS/c1-19-15-41(16-20(2)42(19)22(4)44)32-26-13-27(33(34,35)36)28(25-10-8-9-23-14-37-39(5)29(23)25)31-30(26)43(21(3)38-32)24(18-45-31)17-40-11-6-7-12-40/h8-10,13-14,19-20,24H,3,6-7,11-12,15-18H2,1-2,4-5H3/t19-,20+,24?. The van der Waals surface area contributed by atoms with Gasteiger partial charge in [-0.3, -0.25) is 9.48 Å². The minimum atomic E-state index is -4.62. The van der Waals surface area contributed by atoms with Crippen LogP contribution in [0, 0.1) is 0 Å². The molecule has 5 heterocycles. The Kier molecular flexibility index (Phi) is 7.43. The number of likely N-dealkylation sites (tertiary alicyclic amines) is 1. The van der Waals surface area contributed by atoms with Crippen LogP contribution < -0.4 is 4.90 Å². The monoisotopic (exact) mass is 637 g/mol. The van der Waals surface area contributed by atoms with Crippen LogP contribution in [0.3, 0.4) is 0 Å². The lowest BCUT2D eigenvalue weighted by molar-refractivity contribution is -0.137.